The molecule has 0 amide bonds. The van der Waals surface area contributed by atoms with Crippen molar-refractivity contribution in [2.45, 2.75) is 57.5 Å². The van der Waals surface area contributed by atoms with Gasteiger partial charge in [0.15, 0.2) is 0 Å². The fourth-order valence-corrected chi connectivity index (χ4v) is 6.87. The second-order valence-corrected chi connectivity index (χ2v) is 8.99. The van der Waals surface area contributed by atoms with E-state index in [0.717, 1.165) is 18.4 Å². The SMILES string of the molecule is CCO[Si](CC)(Oc1ccccc1)C1CCCCC1. The summed E-state index contributed by atoms with van der Waals surface area (Å²) in [5, 5.41) is 0. The predicted molar refractivity (Wildman–Crippen MR) is 81.8 cm³/mol. The minimum Gasteiger partial charge on any atom is -0.520 e. The van der Waals surface area contributed by atoms with Crippen molar-refractivity contribution in [1.29, 1.82) is 0 Å². The fraction of sp³-hybridized carbons (Fsp3) is 0.625. The van der Waals surface area contributed by atoms with Gasteiger partial charge in [0.1, 0.15) is 5.75 Å². The zero-order chi connectivity index (χ0) is 13.6. The number of hydrogen-bond donors (Lipinski definition) is 0. The number of para-hydroxylation sites is 1. The van der Waals surface area contributed by atoms with E-state index in [1.165, 1.54) is 32.1 Å². The predicted octanol–water partition coefficient (Wildman–Crippen LogP) is 4.90. The molecule has 1 aromatic carbocycles. The number of benzene rings is 1. The number of hydrogen-bond acceptors (Lipinski definition) is 2. The summed E-state index contributed by atoms with van der Waals surface area (Å²) >= 11 is 0. The summed E-state index contributed by atoms with van der Waals surface area (Å²) in [7, 11) is -2.11. The lowest BCUT2D eigenvalue weighted by Crippen LogP contribution is -2.50. The van der Waals surface area contributed by atoms with Gasteiger partial charge in [-0.1, -0.05) is 44.4 Å². The Hall–Kier alpha value is -0.803. The van der Waals surface area contributed by atoms with E-state index in [4.69, 9.17) is 8.85 Å². The topological polar surface area (TPSA) is 18.5 Å². The summed E-state index contributed by atoms with van der Waals surface area (Å²) in [6.45, 7) is 5.09. The van der Waals surface area contributed by atoms with E-state index >= 15 is 0 Å². The molecule has 106 valence electrons. The van der Waals surface area contributed by atoms with Crippen LogP contribution < -0.4 is 4.43 Å². The highest BCUT2D eigenvalue weighted by Crippen LogP contribution is 2.40. The monoisotopic (exact) mass is 278 g/mol. The lowest BCUT2D eigenvalue weighted by atomic mass is 10.0. The quantitative estimate of drug-likeness (QED) is 0.689. The van der Waals surface area contributed by atoms with E-state index in [2.05, 4.69) is 26.0 Å². The summed E-state index contributed by atoms with van der Waals surface area (Å²) in [6.07, 6.45) is 6.62. The first-order valence-corrected chi connectivity index (χ1v) is 9.79. The smallest absolute Gasteiger partial charge is 0.401 e. The second kappa shape index (κ2) is 7.11. The highest BCUT2D eigenvalue weighted by Gasteiger charge is 2.46. The van der Waals surface area contributed by atoms with Crippen LogP contribution in [-0.2, 0) is 4.43 Å². The third kappa shape index (κ3) is 3.60. The van der Waals surface area contributed by atoms with E-state index in [1.807, 2.05) is 18.2 Å². The molecule has 3 heteroatoms. The van der Waals surface area contributed by atoms with Gasteiger partial charge < -0.3 is 8.85 Å². The molecule has 1 unspecified atom stereocenters. The van der Waals surface area contributed by atoms with Crippen LogP contribution in [0.3, 0.4) is 0 Å². The second-order valence-electron chi connectivity index (χ2n) is 5.35. The Labute approximate surface area is 118 Å². The Bertz CT molecular complexity index is 362. The lowest BCUT2D eigenvalue weighted by molar-refractivity contribution is 0.227. The third-order valence-electron chi connectivity index (χ3n) is 4.14. The Morgan fingerprint density at radius 2 is 1.74 bits per heavy atom. The van der Waals surface area contributed by atoms with E-state index in [0.29, 0.717) is 5.54 Å². The van der Waals surface area contributed by atoms with Gasteiger partial charge in [0.2, 0.25) is 0 Å². The van der Waals surface area contributed by atoms with E-state index in [1.54, 1.807) is 0 Å². The molecule has 0 radical (unpaired) electrons. The van der Waals surface area contributed by atoms with E-state index in [-0.39, 0.29) is 0 Å². The standard InChI is InChI=1S/C16H26O2Si/c1-3-17-19(4-2,16-13-9-6-10-14-16)18-15-11-7-5-8-12-15/h5,7-8,11-12,16H,3-4,6,9-10,13-14H2,1-2H3. The molecule has 2 rings (SSSR count). The van der Waals surface area contributed by atoms with Gasteiger partial charge in [-0.05, 0) is 37.9 Å². The summed E-state index contributed by atoms with van der Waals surface area (Å²) in [5.74, 6) is 0.982. The Morgan fingerprint density at radius 1 is 1.05 bits per heavy atom. The van der Waals surface area contributed by atoms with Crippen LogP contribution in [-0.4, -0.2) is 15.2 Å². The van der Waals surface area contributed by atoms with Crippen LogP contribution in [0.25, 0.3) is 0 Å². The first-order valence-electron chi connectivity index (χ1n) is 7.68. The molecule has 0 bridgehead atoms. The largest absolute Gasteiger partial charge is 0.520 e. The maximum absolute atomic E-state index is 6.45. The molecule has 1 aliphatic carbocycles. The van der Waals surface area contributed by atoms with Gasteiger partial charge in [-0.2, -0.15) is 0 Å². The van der Waals surface area contributed by atoms with Crippen molar-refractivity contribution in [3.05, 3.63) is 30.3 Å². The molecule has 0 aliphatic heterocycles. The highest BCUT2D eigenvalue weighted by molar-refractivity contribution is 6.69. The molecule has 19 heavy (non-hydrogen) atoms. The minimum absolute atomic E-state index is 0.659. The van der Waals surface area contributed by atoms with Crippen LogP contribution in [0.5, 0.6) is 5.75 Å². The summed E-state index contributed by atoms with van der Waals surface area (Å²) in [4.78, 5) is 0. The molecule has 1 saturated carbocycles. The first-order chi connectivity index (χ1) is 9.30. The maximum Gasteiger partial charge on any atom is 0.401 e. The van der Waals surface area contributed by atoms with Crippen molar-refractivity contribution >= 4 is 8.56 Å². The van der Waals surface area contributed by atoms with Gasteiger partial charge in [0.25, 0.3) is 0 Å². The molecule has 0 saturated heterocycles. The molecular weight excluding hydrogens is 252 g/mol. The van der Waals surface area contributed by atoms with Crippen LogP contribution in [0.1, 0.15) is 46.0 Å². The van der Waals surface area contributed by atoms with E-state index in [9.17, 15) is 0 Å². The zero-order valence-corrected chi connectivity index (χ0v) is 13.2. The normalized spacial score (nSPS) is 19.9. The molecule has 2 nitrogen and oxygen atoms in total. The van der Waals surface area contributed by atoms with Crippen molar-refractivity contribution in [3.63, 3.8) is 0 Å². The molecule has 0 N–H and O–H groups in total. The highest BCUT2D eigenvalue weighted by atomic mass is 28.4. The maximum atomic E-state index is 6.45. The Morgan fingerprint density at radius 3 is 2.32 bits per heavy atom. The zero-order valence-electron chi connectivity index (χ0n) is 12.2. The summed E-state index contributed by atoms with van der Waals surface area (Å²) in [6, 6.07) is 11.3. The van der Waals surface area contributed by atoms with Crippen LogP contribution in [0.2, 0.25) is 11.6 Å². The van der Waals surface area contributed by atoms with Gasteiger partial charge in [0.05, 0.1) is 0 Å². The summed E-state index contributed by atoms with van der Waals surface area (Å²) in [5.41, 5.74) is 0.659. The molecule has 0 aromatic heterocycles. The molecule has 1 fully saturated rings. The average molecular weight is 278 g/mol. The summed E-state index contributed by atoms with van der Waals surface area (Å²) < 4.78 is 12.7. The van der Waals surface area contributed by atoms with Crippen molar-refractivity contribution < 1.29 is 8.85 Å². The van der Waals surface area contributed by atoms with Crippen LogP contribution in [0.4, 0.5) is 0 Å². The average Bonchev–Trinajstić information content (AvgIpc) is 2.49. The van der Waals surface area contributed by atoms with Crippen molar-refractivity contribution in [2.75, 3.05) is 6.61 Å². The minimum atomic E-state index is -2.11. The van der Waals surface area contributed by atoms with Gasteiger partial charge in [-0.15, -0.1) is 0 Å². The molecule has 1 aliphatic rings. The molecule has 1 aromatic rings. The molecular formula is C16H26O2Si. The van der Waals surface area contributed by atoms with E-state index < -0.39 is 8.56 Å². The number of rotatable bonds is 6. The van der Waals surface area contributed by atoms with Crippen molar-refractivity contribution in [1.82, 2.24) is 0 Å². The van der Waals surface area contributed by atoms with Gasteiger partial charge >= 0.3 is 8.56 Å². The van der Waals surface area contributed by atoms with Crippen LogP contribution in [0.15, 0.2) is 30.3 Å². The van der Waals surface area contributed by atoms with Crippen LogP contribution in [0, 0.1) is 0 Å². The van der Waals surface area contributed by atoms with Gasteiger partial charge in [0, 0.05) is 12.1 Å². The van der Waals surface area contributed by atoms with Crippen molar-refractivity contribution in [2.24, 2.45) is 0 Å². The molecule has 1 atom stereocenters. The fourth-order valence-electron chi connectivity index (χ4n) is 3.17. The Balaban J connectivity index is 2.17. The van der Waals surface area contributed by atoms with Crippen LogP contribution >= 0.6 is 0 Å². The van der Waals surface area contributed by atoms with Crippen molar-refractivity contribution in [3.8, 4) is 5.75 Å². The van der Waals surface area contributed by atoms with Gasteiger partial charge in [-0.3, -0.25) is 0 Å². The first kappa shape index (κ1) is 14.6. The Kier molecular flexibility index (Phi) is 5.46. The third-order valence-corrected chi connectivity index (χ3v) is 8.31. The van der Waals surface area contributed by atoms with Gasteiger partial charge in [-0.25, -0.2) is 0 Å². The molecule has 0 spiro atoms. The lowest BCUT2D eigenvalue weighted by Gasteiger charge is -2.38. The molecule has 0 heterocycles.